The fourth-order valence-electron chi connectivity index (χ4n) is 1.58. The molecule has 1 rings (SSSR count). The summed E-state index contributed by atoms with van der Waals surface area (Å²) in [7, 11) is -1.65. The molecule has 0 amide bonds. The molecule has 2 atom stereocenters. The fourth-order valence-corrected chi connectivity index (χ4v) is 2.69. The summed E-state index contributed by atoms with van der Waals surface area (Å²) in [6, 6.07) is 10.1. The van der Waals surface area contributed by atoms with E-state index in [0.29, 0.717) is 0 Å². The van der Waals surface area contributed by atoms with Gasteiger partial charge in [0.2, 0.25) is 0 Å². The van der Waals surface area contributed by atoms with Crippen LogP contribution in [0.15, 0.2) is 36.4 Å². The van der Waals surface area contributed by atoms with Crippen LogP contribution >= 0.6 is 0 Å². The maximum Gasteiger partial charge on any atom is 0.184 e. The Bertz CT molecular complexity index is 393. The second-order valence-corrected chi connectivity index (χ2v) is 9.92. The van der Waals surface area contributed by atoms with Crippen LogP contribution < -0.4 is 0 Å². The van der Waals surface area contributed by atoms with Gasteiger partial charge in [0.15, 0.2) is 8.32 Å². The van der Waals surface area contributed by atoms with E-state index in [1.165, 1.54) is 0 Å². The summed E-state index contributed by atoms with van der Waals surface area (Å²) in [6.45, 7) is 8.29. The molecular formula is C15H22O2Si. The Hall–Kier alpha value is -1.19. The van der Waals surface area contributed by atoms with Crippen molar-refractivity contribution in [1.29, 1.82) is 0 Å². The van der Waals surface area contributed by atoms with E-state index in [4.69, 9.17) is 4.43 Å². The lowest BCUT2D eigenvalue weighted by atomic mass is 10.1. The predicted molar refractivity (Wildman–Crippen MR) is 78.9 cm³/mol. The quantitative estimate of drug-likeness (QED) is 0.576. The van der Waals surface area contributed by atoms with Gasteiger partial charge in [0.25, 0.3) is 0 Å². The standard InChI is InChI=1S/C15H22O2Si/c1-13(12-16)15(17-18(2,3)4)11-10-14-8-6-5-7-9-14/h5-13,15H,1-4H3/b11-10+/t13-,15+/m0/s1. The summed E-state index contributed by atoms with van der Waals surface area (Å²) in [5.74, 6) is -0.114. The van der Waals surface area contributed by atoms with Crippen molar-refractivity contribution in [3.63, 3.8) is 0 Å². The highest BCUT2D eigenvalue weighted by Crippen LogP contribution is 2.16. The Morgan fingerprint density at radius 2 is 1.78 bits per heavy atom. The van der Waals surface area contributed by atoms with E-state index < -0.39 is 8.32 Å². The molecule has 0 aliphatic rings. The molecular weight excluding hydrogens is 240 g/mol. The number of hydrogen-bond donors (Lipinski definition) is 0. The molecule has 0 N–H and O–H groups in total. The first kappa shape index (κ1) is 14.9. The maximum absolute atomic E-state index is 10.9. The molecule has 0 unspecified atom stereocenters. The molecule has 18 heavy (non-hydrogen) atoms. The largest absolute Gasteiger partial charge is 0.411 e. The van der Waals surface area contributed by atoms with Crippen LogP contribution in [0.25, 0.3) is 6.08 Å². The average Bonchev–Trinajstić information content (AvgIpc) is 2.33. The van der Waals surface area contributed by atoms with Crippen molar-refractivity contribution in [1.82, 2.24) is 0 Å². The van der Waals surface area contributed by atoms with Crippen LogP contribution in [-0.2, 0) is 9.22 Å². The first-order chi connectivity index (χ1) is 8.42. The van der Waals surface area contributed by atoms with E-state index in [1.54, 1.807) is 0 Å². The van der Waals surface area contributed by atoms with Crippen LogP contribution in [0.4, 0.5) is 0 Å². The topological polar surface area (TPSA) is 26.3 Å². The van der Waals surface area contributed by atoms with Crippen LogP contribution in [-0.4, -0.2) is 20.7 Å². The first-order valence-corrected chi connectivity index (χ1v) is 9.69. The summed E-state index contributed by atoms with van der Waals surface area (Å²) in [4.78, 5) is 10.9. The molecule has 0 aliphatic carbocycles. The third-order valence-corrected chi connectivity index (χ3v) is 3.48. The van der Waals surface area contributed by atoms with Crippen molar-refractivity contribution < 1.29 is 9.22 Å². The van der Waals surface area contributed by atoms with E-state index >= 15 is 0 Å². The van der Waals surface area contributed by atoms with E-state index in [9.17, 15) is 4.79 Å². The second-order valence-electron chi connectivity index (χ2n) is 5.46. The normalized spacial score (nSPS) is 15.6. The molecule has 98 valence electrons. The van der Waals surface area contributed by atoms with Gasteiger partial charge in [-0.1, -0.05) is 49.4 Å². The van der Waals surface area contributed by atoms with Gasteiger partial charge in [-0.05, 0) is 25.2 Å². The summed E-state index contributed by atoms with van der Waals surface area (Å²) in [6.07, 6.45) is 4.84. The Morgan fingerprint density at radius 1 is 1.17 bits per heavy atom. The minimum Gasteiger partial charge on any atom is -0.411 e. The van der Waals surface area contributed by atoms with Gasteiger partial charge in [-0.25, -0.2) is 0 Å². The van der Waals surface area contributed by atoms with Crippen molar-refractivity contribution >= 4 is 20.7 Å². The number of carbonyl (C=O) groups is 1. The first-order valence-electron chi connectivity index (χ1n) is 6.29. The second kappa shape index (κ2) is 6.66. The number of benzene rings is 1. The highest BCUT2D eigenvalue weighted by molar-refractivity contribution is 6.69. The summed E-state index contributed by atoms with van der Waals surface area (Å²) in [5, 5.41) is 0. The molecule has 0 bridgehead atoms. The van der Waals surface area contributed by atoms with Gasteiger partial charge in [-0.2, -0.15) is 0 Å². The zero-order chi connectivity index (χ0) is 13.6. The monoisotopic (exact) mass is 262 g/mol. The van der Waals surface area contributed by atoms with Crippen LogP contribution in [0.5, 0.6) is 0 Å². The van der Waals surface area contributed by atoms with Gasteiger partial charge >= 0.3 is 0 Å². The van der Waals surface area contributed by atoms with Gasteiger partial charge in [-0.15, -0.1) is 0 Å². The molecule has 0 spiro atoms. The highest BCUT2D eigenvalue weighted by Gasteiger charge is 2.23. The third-order valence-electron chi connectivity index (χ3n) is 2.50. The lowest BCUT2D eigenvalue weighted by Gasteiger charge is -2.26. The SMILES string of the molecule is C[C@@H](C=O)[C@@H](/C=C/c1ccccc1)O[Si](C)(C)C. The lowest BCUT2D eigenvalue weighted by Crippen LogP contribution is -2.34. The Labute approximate surface area is 111 Å². The van der Waals surface area contributed by atoms with Crippen LogP contribution in [0.3, 0.4) is 0 Å². The van der Waals surface area contributed by atoms with Gasteiger partial charge < -0.3 is 9.22 Å². The molecule has 0 aromatic heterocycles. The zero-order valence-corrected chi connectivity index (χ0v) is 12.6. The van der Waals surface area contributed by atoms with Crippen LogP contribution in [0.1, 0.15) is 12.5 Å². The third kappa shape index (κ3) is 5.43. The highest BCUT2D eigenvalue weighted by atomic mass is 28.4. The average molecular weight is 262 g/mol. The fraction of sp³-hybridized carbons (Fsp3) is 0.400. The molecule has 0 saturated carbocycles. The van der Waals surface area contributed by atoms with Gasteiger partial charge in [0, 0.05) is 5.92 Å². The van der Waals surface area contributed by atoms with Gasteiger partial charge in [-0.3, -0.25) is 0 Å². The molecule has 0 fully saturated rings. The molecule has 1 aromatic carbocycles. The number of rotatable bonds is 6. The molecule has 0 heterocycles. The molecule has 0 radical (unpaired) electrons. The molecule has 3 heteroatoms. The van der Waals surface area contributed by atoms with Crippen molar-refractivity contribution in [2.45, 2.75) is 32.7 Å². The van der Waals surface area contributed by atoms with Gasteiger partial charge in [0.1, 0.15) is 6.29 Å². The zero-order valence-electron chi connectivity index (χ0n) is 11.6. The van der Waals surface area contributed by atoms with E-state index in [2.05, 4.69) is 19.6 Å². The molecule has 0 saturated heterocycles. The number of carbonyl (C=O) groups excluding carboxylic acids is 1. The minimum atomic E-state index is -1.65. The minimum absolute atomic E-state index is 0.114. The van der Waals surface area contributed by atoms with Crippen LogP contribution in [0.2, 0.25) is 19.6 Å². The molecule has 2 nitrogen and oxygen atoms in total. The number of hydrogen-bond acceptors (Lipinski definition) is 2. The Morgan fingerprint density at radius 3 is 2.28 bits per heavy atom. The molecule has 1 aromatic rings. The summed E-state index contributed by atoms with van der Waals surface area (Å²) in [5.41, 5.74) is 1.12. The Kier molecular flexibility index (Phi) is 5.50. The maximum atomic E-state index is 10.9. The van der Waals surface area contributed by atoms with Crippen molar-refractivity contribution in [3.05, 3.63) is 42.0 Å². The van der Waals surface area contributed by atoms with Crippen LogP contribution in [0, 0.1) is 5.92 Å². The summed E-state index contributed by atoms with van der Waals surface area (Å²) < 4.78 is 6.03. The molecule has 0 aliphatic heterocycles. The number of aldehydes is 1. The summed E-state index contributed by atoms with van der Waals surface area (Å²) >= 11 is 0. The van der Waals surface area contributed by atoms with E-state index in [-0.39, 0.29) is 12.0 Å². The van der Waals surface area contributed by atoms with Gasteiger partial charge in [0.05, 0.1) is 6.10 Å². The van der Waals surface area contributed by atoms with E-state index in [1.807, 2.05) is 49.4 Å². The smallest absolute Gasteiger partial charge is 0.184 e. The lowest BCUT2D eigenvalue weighted by molar-refractivity contribution is -0.112. The van der Waals surface area contributed by atoms with Crippen molar-refractivity contribution in [2.24, 2.45) is 5.92 Å². The van der Waals surface area contributed by atoms with E-state index in [0.717, 1.165) is 11.8 Å². The predicted octanol–water partition coefficient (Wildman–Crippen LogP) is 3.75. The van der Waals surface area contributed by atoms with Crippen molar-refractivity contribution in [3.8, 4) is 0 Å². The van der Waals surface area contributed by atoms with Crippen molar-refractivity contribution in [2.75, 3.05) is 0 Å². The Balaban J connectivity index is 2.78.